The van der Waals surface area contributed by atoms with Gasteiger partial charge in [-0.1, -0.05) is 42.5 Å². The summed E-state index contributed by atoms with van der Waals surface area (Å²) in [4.78, 5) is 13.2. The summed E-state index contributed by atoms with van der Waals surface area (Å²) in [7, 11) is 0. The second-order valence-corrected chi connectivity index (χ2v) is 6.07. The molecule has 0 unspecified atom stereocenters. The number of fused-ring (bicyclic) bond motifs is 5. The van der Waals surface area contributed by atoms with Crippen LogP contribution in [0.4, 0.5) is 0 Å². The fourth-order valence-corrected chi connectivity index (χ4v) is 3.51. The highest BCUT2D eigenvalue weighted by Crippen LogP contribution is 2.29. The van der Waals surface area contributed by atoms with Gasteiger partial charge in [-0.25, -0.2) is 0 Å². The Morgan fingerprint density at radius 3 is 2.46 bits per heavy atom. The van der Waals surface area contributed by atoms with Gasteiger partial charge < -0.3 is 4.40 Å². The Morgan fingerprint density at radius 1 is 0.885 bits per heavy atom. The zero-order valence-electron chi connectivity index (χ0n) is 13.6. The SMILES string of the molecule is N#Cc1c2cnn(-c3ccccc3)c(=O)c2n2ccc3ccccc3c12. The summed E-state index contributed by atoms with van der Waals surface area (Å²) in [6.07, 6.45) is 3.45. The third-order valence-electron chi connectivity index (χ3n) is 4.67. The minimum atomic E-state index is -0.250. The quantitative estimate of drug-likeness (QED) is 0.469. The van der Waals surface area contributed by atoms with E-state index in [0.29, 0.717) is 22.2 Å². The molecule has 0 aliphatic heterocycles. The van der Waals surface area contributed by atoms with E-state index >= 15 is 0 Å². The van der Waals surface area contributed by atoms with Crippen LogP contribution in [0.3, 0.4) is 0 Å². The summed E-state index contributed by atoms with van der Waals surface area (Å²) >= 11 is 0. The van der Waals surface area contributed by atoms with Crippen LogP contribution in [-0.2, 0) is 0 Å². The van der Waals surface area contributed by atoms with Crippen LogP contribution < -0.4 is 5.56 Å². The van der Waals surface area contributed by atoms with E-state index in [0.717, 1.165) is 16.3 Å². The van der Waals surface area contributed by atoms with Crippen molar-refractivity contribution in [1.29, 1.82) is 5.26 Å². The van der Waals surface area contributed by atoms with Crippen molar-refractivity contribution in [3.63, 3.8) is 0 Å². The van der Waals surface area contributed by atoms with Gasteiger partial charge in [-0.05, 0) is 23.6 Å². The molecule has 5 rings (SSSR count). The molecule has 26 heavy (non-hydrogen) atoms. The molecule has 5 nitrogen and oxygen atoms in total. The lowest BCUT2D eigenvalue weighted by atomic mass is 10.1. The van der Waals surface area contributed by atoms with Crippen molar-refractivity contribution in [1.82, 2.24) is 14.2 Å². The lowest BCUT2D eigenvalue weighted by molar-refractivity contribution is 0.817. The standard InChI is InChI=1S/C21H12N4O/c22-12-17-18-13-23-25(15-7-2-1-3-8-15)21(26)20(18)24-11-10-14-6-4-5-9-16(14)19(17)24/h1-11,13H. The summed E-state index contributed by atoms with van der Waals surface area (Å²) in [5, 5.41) is 16.6. The second kappa shape index (κ2) is 5.30. The Bertz CT molecular complexity index is 1410. The average Bonchev–Trinajstić information content (AvgIpc) is 3.03. The number of nitrogens with zero attached hydrogens (tertiary/aromatic N) is 4. The van der Waals surface area contributed by atoms with Gasteiger partial charge in [-0.2, -0.15) is 15.0 Å². The number of para-hydroxylation sites is 1. The Balaban J connectivity index is 2.01. The van der Waals surface area contributed by atoms with Gasteiger partial charge in [0.05, 0.1) is 23.0 Å². The fraction of sp³-hybridized carbons (Fsp3) is 0. The van der Waals surface area contributed by atoms with Crippen molar-refractivity contribution in [3.05, 3.63) is 89.0 Å². The second-order valence-electron chi connectivity index (χ2n) is 6.07. The van der Waals surface area contributed by atoms with Crippen LogP contribution in [0.25, 0.3) is 32.9 Å². The molecule has 0 saturated heterocycles. The van der Waals surface area contributed by atoms with Gasteiger partial charge in [-0.15, -0.1) is 0 Å². The largest absolute Gasteiger partial charge is 0.310 e. The van der Waals surface area contributed by atoms with Crippen LogP contribution in [0.15, 0.2) is 77.9 Å². The lowest BCUT2D eigenvalue weighted by Gasteiger charge is -2.05. The molecule has 5 heteroatoms. The Labute approximate surface area is 148 Å². The normalized spacial score (nSPS) is 11.2. The first-order valence-corrected chi connectivity index (χ1v) is 8.19. The first-order chi connectivity index (χ1) is 12.8. The molecule has 5 aromatic rings. The molecule has 0 aliphatic carbocycles. The number of hydrogen-bond donors (Lipinski definition) is 0. The Hall–Kier alpha value is -3.91. The van der Waals surface area contributed by atoms with E-state index in [-0.39, 0.29) is 5.56 Å². The highest BCUT2D eigenvalue weighted by atomic mass is 16.1. The maximum atomic E-state index is 13.2. The molecule has 0 fully saturated rings. The molecule has 0 radical (unpaired) electrons. The smallest absolute Gasteiger partial charge is 0.296 e. The van der Waals surface area contributed by atoms with Gasteiger partial charge in [0, 0.05) is 17.0 Å². The summed E-state index contributed by atoms with van der Waals surface area (Å²) in [6.45, 7) is 0. The lowest BCUT2D eigenvalue weighted by Crippen LogP contribution is -2.21. The van der Waals surface area contributed by atoms with Crippen molar-refractivity contribution in [2.75, 3.05) is 0 Å². The molecule has 0 spiro atoms. The minimum absolute atomic E-state index is 0.250. The number of pyridine rings is 1. The van der Waals surface area contributed by atoms with E-state index < -0.39 is 0 Å². The van der Waals surface area contributed by atoms with Crippen LogP contribution in [-0.4, -0.2) is 14.2 Å². The van der Waals surface area contributed by atoms with Crippen LogP contribution >= 0.6 is 0 Å². The number of aromatic nitrogens is 3. The predicted octanol–water partition coefficient (Wildman–Crippen LogP) is 3.66. The van der Waals surface area contributed by atoms with Crippen molar-refractivity contribution < 1.29 is 0 Å². The van der Waals surface area contributed by atoms with E-state index in [1.54, 1.807) is 10.6 Å². The van der Waals surface area contributed by atoms with Crippen LogP contribution in [0, 0.1) is 11.3 Å². The van der Waals surface area contributed by atoms with Crippen LogP contribution in [0.5, 0.6) is 0 Å². The van der Waals surface area contributed by atoms with E-state index in [1.165, 1.54) is 4.68 Å². The average molecular weight is 336 g/mol. The van der Waals surface area contributed by atoms with Gasteiger partial charge >= 0.3 is 0 Å². The first kappa shape index (κ1) is 14.4. The van der Waals surface area contributed by atoms with Crippen LogP contribution in [0.1, 0.15) is 5.56 Å². The first-order valence-electron chi connectivity index (χ1n) is 8.19. The molecule has 3 aromatic heterocycles. The molecule has 0 aliphatic rings. The highest BCUT2D eigenvalue weighted by Gasteiger charge is 2.18. The summed E-state index contributed by atoms with van der Waals surface area (Å²) < 4.78 is 3.17. The van der Waals surface area contributed by atoms with Crippen molar-refractivity contribution >= 4 is 27.2 Å². The highest BCUT2D eigenvalue weighted by molar-refractivity contribution is 6.06. The zero-order chi connectivity index (χ0) is 17.7. The van der Waals surface area contributed by atoms with Gasteiger partial charge in [0.2, 0.25) is 0 Å². The van der Waals surface area contributed by atoms with Crippen molar-refractivity contribution in [2.24, 2.45) is 0 Å². The molecule has 2 aromatic carbocycles. The number of rotatable bonds is 1. The maximum Gasteiger partial charge on any atom is 0.296 e. The van der Waals surface area contributed by atoms with Crippen molar-refractivity contribution in [3.8, 4) is 11.8 Å². The van der Waals surface area contributed by atoms with E-state index in [1.807, 2.05) is 66.9 Å². The third kappa shape index (κ3) is 1.84. The maximum absolute atomic E-state index is 13.2. The molecule has 122 valence electrons. The van der Waals surface area contributed by atoms with Gasteiger partial charge in [0.1, 0.15) is 11.6 Å². The van der Waals surface area contributed by atoms with E-state index in [4.69, 9.17) is 0 Å². The topological polar surface area (TPSA) is 63.1 Å². The van der Waals surface area contributed by atoms with Gasteiger partial charge in [0.25, 0.3) is 5.56 Å². The minimum Gasteiger partial charge on any atom is -0.310 e. The fourth-order valence-electron chi connectivity index (χ4n) is 3.51. The molecule has 0 amide bonds. The molecule has 0 bridgehead atoms. The van der Waals surface area contributed by atoms with E-state index in [9.17, 15) is 10.1 Å². The molecule has 3 heterocycles. The monoisotopic (exact) mass is 336 g/mol. The Kier molecular flexibility index (Phi) is 2.94. The molecule has 0 atom stereocenters. The molecule has 0 saturated carbocycles. The molecular formula is C21H12N4O. The van der Waals surface area contributed by atoms with E-state index in [2.05, 4.69) is 11.2 Å². The number of hydrogen-bond acceptors (Lipinski definition) is 3. The van der Waals surface area contributed by atoms with Crippen LogP contribution in [0.2, 0.25) is 0 Å². The van der Waals surface area contributed by atoms with Gasteiger partial charge in [0.15, 0.2) is 0 Å². The summed E-state index contributed by atoms with van der Waals surface area (Å²) in [5.41, 5.74) is 2.11. The Morgan fingerprint density at radius 2 is 1.65 bits per heavy atom. The predicted molar refractivity (Wildman–Crippen MR) is 101 cm³/mol. The summed E-state index contributed by atoms with van der Waals surface area (Å²) in [5.74, 6) is 0. The summed E-state index contributed by atoms with van der Waals surface area (Å²) in [6, 6.07) is 21.3. The number of benzene rings is 2. The number of nitriles is 1. The van der Waals surface area contributed by atoms with Crippen molar-refractivity contribution in [2.45, 2.75) is 0 Å². The van der Waals surface area contributed by atoms with Gasteiger partial charge in [-0.3, -0.25) is 4.79 Å². The zero-order valence-corrected chi connectivity index (χ0v) is 13.6. The third-order valence-corrected chi connectivity index (χ3v) is 4.67. The molecular weight excluding hydrogens is 324 g/mol. The molecule has 0 N–H and O–H groups in total.